The topological polar surface area (TPSA) is 64.6 Å². The lowest BCUT2D eigenvalue weighted by Gasteiger charge is -2.06. The van der Waals surface area contributed by atoms with Crippen LogP contribution < -0.4 is 10.1 Å². The molecule has 5 nitrogen and oxygen atoms in total. The van der Waals surface area contributed by atoms with Crippen LogP contribution in [0, 0.1) is 11.6 Å². The van der Waals surface area contributed by atoms with E-state index < -0.39 is 30.1 Å². The average molecular weight is 426 g/mol. The number of nitrogens with one attached hydrogen (secondary N) is 1. The molecule has 2 rings (SSSR count). The SMILES string of the molecule is COc1ccc(Br)cc1/C=C/C(=O)OCC(=O)Nc1ccc(F)c(F)c1. The predicted octanol–water partition coefficient (Wildman–Crippen LogP) is 3.93. The highest BCUT2D eigenvalue weighted by Gasteiger charge is 2.08. The van der Waals surface area contributed by atoms with Crippen molar-refractivity contribution in [2.45, 2.75) is 0 Å². The van der Waals surface area contributed by atoms with Crippen molar-refractivity contribution in [2.24, 2.45) is 0 Å². The summed E-state index contributed by atoms with van der Waals surface area (Å²) in [5.41, 5.74) is 0.699. The number of carbonyl (C=O) groups excluding carboxylic acids is 2. The number of anilines is 1. The summed E-state index contributed by atoms with van der Waals surface area (Å²) in [4.78, 5) is 23.4. The van der Waals surface area contributed by atoms with Crippen LogP contribution in [0.15, 0.2) is 46.9 Å². The lowest BCUT2D eigenvalue weighted by atomic mass is 10.2. The van der Waals surface area contributed by atoms with Gasteiger partial charge in [0.2, 0.25) is 0 Å². The van der Waals surface area contributed by atoms with Crippen LogP contribution in [0.5, 0.6) is 5.75 Å². The zero-order valence-corrected chi connectivity index (χ0v) is 15.2. The van der Waals surface area contributed by atoms with Crippen molar-refractivity contribution in [3.8, 4) is 5.75 Å². The Morgan fingerprint density at radius 3 is 2.62 bits per heavy atom. The Hall–Kier alpha value is -2.74. The van der Waals surface area contributed by atoms with Crippen molar-refractivity contribution in [3.05, 3.63) is 64.1 Å². The highest BCUT2D eigenvalue weighted by molar-refractivity contribution is 9.10. The van der Waals surface area contributed by atoms with Gasteiger partial charge in [-0.3, -0.25) is 4.79 Å². The Kier molecular flexibility index (Phi) is 6.85. The zero-order chi connectivity index (χ0) is 19.1. The fourth-order valence-electron chi connectivity index (χ4n) is 1.95. The number of halogens is 3. The normalized spacial score (nSPS) is 10.6. The van der Waals surface area contributed by atoms with E-state index in [0.29, 0.717) is 11.3 Å². The first-order valence-electron chi connectivity index (χ1n) is 7.32. The Labute approximate surface area is 156 Å². The number of esters is 1. The summed E-state index contributed by atoms with van der Waals surface area (Å²) in [6.45, 7) is -0.572. The number of rotatable bonds is 6. The fourth-order valence-corrected chi connectivity index (χ4v) is 2.33. The third-order valence-corrected chi connectivity index (χ3v) is 3.63. The van der Waals surface area contributed by atoms with Gasteiger partial charge < -0.3 is 14.8 Å². The average Bonchev–Trinajstić information content (AvgIpc) is 2.61. The fraction of sp³-hybridized carbons (Fsp3) is 0.111. The van der Waals surface area contributed by atoms with Crippen LogP contribution in [-0.4, -0.2) is 25.6 Å². The molecular formula is C18H14BrF2NO4. The lowest BCUT2D eigenvalue weighted by Crippen LogP contribution is -2.20. The van der Waals surface area contributed by atoms with Crippen molar-refractivity contribution in [2.75, 3.05) is 19.0 Å². The summed E-state index contributed by atoms with van der Waals surface area (Å²) in [6.07, 6.45) is 2.63. The molecule has 0 fully saturated rings. The van der Waals surface area contributed by atoms with Gasteiger partial charge in [-0.05, 0) is 36.4 Å². The smallest absolute Gasteiger partial charge is 0.331 e. The third kappa shape index (κ3) is 5.66. The molecule has 1 N–H and O–H groups in total. The van der Waals surface area contributed by atoms with Gasteiger partial charge in [-0.2, -0.15) is 0 Å². The highest BCUT2D eigenvalue weighted by atomic mass is 79.9. The number of methoxy groups -OCH3 is 1. The summed E-state index contributed by atoms with van der Waals surface area (Å²) < 4.78 is 36.6. The maximum atomic E-state index is 13.1. The molecule has 26 heavy (non-hydrogen) atoms. The van der Waals surface area contributed by atoms with Gasteiger partial charge in [-0.1, -0.05) is 15.9 Å². The summed E-state index contributed by atoms with van der Waals surface area (Å²) in [6, 6.07) is 8.16. The number of amides is 1. The minimum absolute atomic E-state index is 0.0550. The molecule has 0 saturated heterocycles. The van der Waals surface area contributed by atoms with E-state index in [-0.39, 0.29) is 5.69 Å². The number of benzene rings is 2. The Morgan fingerprint density at radius 1 is 1.15 bits per heavy atom. The van der Waals surface area contributed by atoms with Gasteiger partial charge in [-0.25, -0.2) is 13.6 Å². The second-order valence-corrected chi connectivity index (χ2v) is 5.92. The zero-order valence-electron chi connectivity index (χ0n) is 13.6. The molecule has 0 atom stereocenters. The second kappa shape index (κ2) is 9.10. The first-order valence-corrected chi connectivity index (χ1v) is 8.11. The minimum atomic E-state index is -1.09. The largest absolute Gasteiger partial charge is 0.496 e. The molecule has 0 aliphatic rings. The molecule has 1 amide bonds. The molecule has 8 heteroatoms. The highest BCUT2D eigenvalue weighted by Crippen LogP contribution is 2.24. The molecule has 0 spiro atoms. The molecule has 0 saturated carbocycles. The summed E-state index contributed by atoms with van der Waals surface area (Å²) >= 11 is 3.31. The van der Waals surface area contributed by atoms with Crippen LogP contribution in [0.4, 0.5) is 14.5 Å². The maximum Gasteiger partial charge on any atom is 0.331 e. The second-order valence-electron chi connectivity index (χ2n) is 5.00. The van der Waals surface area contributed by atoms with E-state index in [9.17, 15) is 18.4 Å². The van der Waals surface area contributed by atoms with Gasteiger partial charge >= 0.3 is 5.97 Å². The molecule has 0 bridgehead atoms. The van der Waals surface area contributed by atoms with Gasteiger partial charge in [0, 0.05) is 27.9 Å². The molecule has 0 aromatic heterocycles. The quantitative estimate of drug-likeness (QED) is 0.562. The molecular weight excluding hydrogens is 412 g/mol. The van der Waals surface area contributed by atoms with E-state index in [0.717, 1.165) is 22.7 Å². The van der Waals surface area contributed by atoms with Crippen LogP contribution in [0.2, 0.25) is 0 Å². The number of ether oxygens (including phenoxy) is 2. The monoisotopic (exact) mass is 425 g/mol. The Morgan fingerprint density at radius 2 is 1.92 bits per heavy atom. The van der Waals surface area contributed by atoms with Gasteiger partial charge in [0.1, 0.15) is 5.75 Å². The van der Waals surface area contributed by atoms with E-state index in [1.165, 1.54) is 19.3 Å². The summed E-state index contributed by atoms with van der Waals surface area (Å²) in [5, 5.41) is 2.29. The number of hydrogen-bond acceptors (Lipinski definition) is 4. The molecule has 2 aromatic carbocycles. The number of carbonyl (C=O) groups is 2. The van der Waals surface area contributed by atoms with Gasteiger partial charge in [0.25, 0.3) is 5.91 Å². The molecule has 2 aromatic rings. The van der Waals surface area contributed by atoms with Crippen molar-refractivity contribution >= 4 is 39.6 Å². The van der Waals surface area contributed by atoms with Crippen molar-refractivity contribution in [1.82, 2.24) is 0 Å². The van der Waals surface area contributed by atoms with Crippen LogP contribution in [0.25, 0.3) is 6.08 Å². The molecule has 0 unspecified atom stereocenters. The van der Waals surface area contributed by atoms with Crippen LogP contribution in [0.3, 0.4) is 0 Å². The van der Waals surface area contributed by atoms with E-state index in [1.54, 1.807) is 18.2 Å². The van der Waals surface area contributed by atoms with E-state index in [1.807, 2.05) is 0 Å². The Bertz CT molecular complexity index is 855. The van der Waals surface area contributed by atoms with Crippen LogP contribution >= 0.6 is 15.9 Å². The van der Waals surface area contributed by atoms with Crippen LogP contribution in [0.1, 0.15) is 5.56 Å². The first kappa shape index (κ1) is 19.6. The van der Waals surface area contributed by atoms with Gasteiger partial charge in [-0.15, -0.1) is 0 Å². The number of hydrogen-bond donors (Lipinski definition) is 1. The molecule has 136 valence electrons. The molecule has 0 aliphatic carbocycles. The lowest BCUT2D eigenvalue weighted by molar-refractivity contribution is -0.142. The maximum absolute atomic E-state index is 13.1. The third-order valence-electron chi connectivity index (χ3n) is 3.14. The molecule has 0 heterocycles. The predicted molar refractivity (Wildman–Crippen MR) is 95.7 cm³/mol. The van der Waals surface area contributed by atoms with E-state index in [2.05, 4.69) is 21.2 Å². The van der Waals surface area contributed by atoms with Crippen molar-refractivity contribution in [1.29, 1.82) is 0 Å². The van der Waals surface area contributed by atoms with Crippen LogP contribution in [-0.2, 0) is 14.3 Å². The van der Waals surface area contributed by atoms with E-state index in [4.69, 9.17) is 9.47 Å². The van der Waals surface area contributed by atoms with Gasteiger partial charge in [0.05, 0.1) is 7.11 Å². The van der Waals surface area contributed by atoms with Crippen molar-refractivity contribution < 1.29 is 27.8 Å². The minimum Gasteiger partial charge on any atom is -0.496 e. The first-order chi connectivity index (χ1) is 12.4. The van der Waals surface area contributed by atoms with Crippen molar-refractivity contribution in [3.63, 3.8) is 0 Å². The summed E-state index contributed by atoms with van der Waals surface area (Å²) in [5.74, 6) is -2.98. The summed E-state index contributed by atoms with van der Waals surface area (Å²) in [7, 11) is 1.50. The molecule has 0 aliphatic heterocycles. The van der Waals surface area contributed by atoms with Gasteiger partial charge in [0.15, 0.2) is 18.2 Å². The molecule has 0 radical (unpaired) electrons. The Balaban J connectivity index is 1.89. The van der Waals surface area contributed by atoms with E-state index >= 15 is 0 Å². The standard InChI is InChI=1S/C18H14BrF2NO4/c1-25-16-6-3-12(19)8-11(16)2-7-18(24)26-10-17(23)22-13-4-5-14(20)15(21)9-13/h2-9H,10H2,1H3,(H,22,23)/b7-2+.